The minimum atomic E-state index is -2.64. The molecule has 6 nitrogen and oxygen atoms in total. The van der Waals surface area contributed by atoms with Gasteiger partial charge in [0.1, 0.15) is 0 Å². The average Bonchev–Trinajstić information content (AvgIpc) is 2.38. The number of halogens is 2. The van der Waals surface area contributed by atoms with E-state index >= 15 is 0 Å². The van der Waals surface area contributed by atoms with E-state index in [2.05, 4.69) is 10.6 Å². The Bertz CT molecular complexity index is 526. The van der Waals surface area contributed by atoms with Crippen LogP contribution >= 0.6 is 11.8 Å². The van der Waals surface area contributed by atoms with Crippen molar-refractivity contribution in [1.29, 1.82) is 0 Å². The maximum Gasteiger partial charge on any atom is 0.337 e. The van der Waals surface area contributed by atoms with Gasteiger partial charge < -0.3 is 20.8 Å². The third-order valence-electron chi connectivity index (χ3n) is 2.41. The van der Waals surface area contributed by atoms with Crippen LogP contribution in [0.5, 0.6) is 0 Å². The lowest BCUT2D eigenvalue weighted by molar-refractivity contribution is -0.155. The lowest BCUT2D eigenvalue weighted by Gasteiger charge is -2.19. The quantitative estimate of drug-likeness (QED) is 0.601. The van der Waals surface area contributed by atoms with Crippen LogP contribution in [0, 0.1) is 0 Å². The van der Waals surface area contributed by atoms with Crippen molar-refractivity contribution in [1.82, 2.24) is 5.32 Å². The molecular weight excluding hydrogens is 306 g/mol. The first-order valence-electron chi connectivity index (χ1n) is 5.77. The number of rotatable bonds is 6. The van der Waals surface area contributed by atoms with E-state index in [1.807, 2.05) is 0 Å². The zero-order valence-corrected chi connectivity index (χ0v) is 11.8. The monoisotopic (exact) mass is 320 g/mol. The molecule has 0 aliphatic rings. The van der Waals surface area contributed by atoms with Gasteiger partial charge in [-0.1, -0.05) is 23.9 Å². The minimum Gasteiger partial charge on any atom is -0.479 e. The molecule has 0 radical (unpaired) electrons. The molecule has 116 valence electrons. The SMILES string of the molecule is CC(O)(CNC(=O)Nc1ccccc1SC(F)F)C(=O)O. The van der Waals surface area contributed by atoms with E-state index in [9.17, 15) is 23.5 Å². The number of nitrogens with one attached hydrogen (secondary N) is 2. The van der Waals surface area contributed by atoms with Crippen molar-refractivity contribution in [3.05, 3.63) is 24.3 Å². The molecule has 0 heterocycles. The van der Waals surface area contributed by atoms with E-state index in [4.69, 9.17) is 5.11 Å². The van der Waals surface area contributed by atoms with Crippen LogP contribution in [0.15, 0.2) is 29.2 Å². The average molecular weight is 320 g/mol. The third-order valence-corrected chi connectivity index (χ3v) is 3.19. The molecule has 0 fully saturated rings. The minimum absolute atomic E-state index is 0.162. The molecule has 0 spiro atoms. The summed E-state index contributed by atoms with van der Waals surface area (Å²) in [5.74, 6) is -4.12. The number of carboxylic acids is 1. The number of anilines is 1. The molecule has 0 aliphatic heterocycles. The predicted octanol–water partition coefficient (Wildman–Crippen LogP) is 1.96. The number of aliphatic carboxylic acids is 1. The Morgan fingerprint density at radius 2 is 2.00 bits per heavy atom. The van der Waals surface area contributed by atoms with E-state index in [1.165, 1.54) is 12.1 Å². The summed E-state index contributed by atoms with van der Waals surface area (Å²) in [6.45, 7) is 0.495. The second-order valence-electron chi connectivity index (χ2n) is 4.26. The Kier molecular flexibility index (Phi) is 5.91. The first kappa shape index (κ1) is 17.2. The van der Waals surface area contributed by atoms with Crippen molar-refractivity contribution in [2.45, 2.75) is 23.2 Å². The number of benzene rings is 1. The Labute approximate surface area is 123 Å². The van der Waals surface area contributed by atoms with Gasteiger partial charge in [0, 0.05) is 4.90 Å². The van der Waals surface area contributed by atoms with Crippen LogP contribution < -0.4 is 10.6 Å². The Balaban J connectivity index is 2.65. The molecule has 21 heavy (non-hydrogen) atoms. The maximum atomic E-state index is 12.4. The molecule has 1 unspecified atom stereocenters. The summed E-state index contributed by atoms with van der Waals surface area (Å²) in [6.07, 6.45) is 0. The van der Waals surface area contributed by atoms with Gasteiger partial charge >= 0.3 is 12.0 Å². The molecule has 0 bridgehead atoms. The van der Waals surface area contributed by atoms with Gasteiger partial charge in [0.2, 0.25) is 0 Å². The highest BCUT2D eigenvalue weighted by molar-refractivity contribution is 7.99. The van der Waals surface area contributed by atoms with Crippen LogP contribution in [0.2, 0.25) is 0 Å². The van der Waals surface area contributed by atoms with E-state index < -0.39 is 29.9 Å². The first-order chi connectivity index (χ1) is 9.72. The number of carbonyl (C=O) groups is 2. The largest absolute Gasteiger partial charge is 0.479 e. The van der Waals surface area contributed by atoms with Gasteiger partial charge in [-0.15, -0.1) is 0 Å². The number of aliphatic hydroxyl groups is 1. The standard InChI is InChI=1S/C12H14F2N2O4S/c1-12(20,9(17)18)6-15-11(19)16-7-4-2-3-5-8(7)21-10(13)14/h2-5,10,20H,6H2,1H3,(H,17,18)(H2,15,16,19). The summed E-state index contributed by atoms with van der Waals surface area (Å²) in [5, 5.41) is 22.6. The van der Waals surface area contributed by atoms with Gasteiger partial charge in [0.15, 0.2) is 5.60 Å². The van der Waals surface area contributed by atoms with Crippen molar-refractivity contribution in [3.63, 3.8) is 0 Å². The van der Waals surface area contributed by atoms with Crippen LogP contribution in [0.3, 0.4) is 0 Å². The van der Waals surface area contributed by atoms with Crippen molar-refractivity contribution < 1.29 is 28.6 Å². The molecule has 0 aromatic heterocycles. The Morgan fingerprint density at radius 1 is 1.38 bits per heavy atom. The molecule has 9 heteroatoms. The summed E-state index contributed by atoms with van der Waals surface area (Å²) in [7, 11) is 0. The normalized spacial score (nSPS) is 13.6. The molecule has 0 saturated carbocycles. The van der Waals surface area contributed by atoms with Crippen LogP contribution in [0.1, 0.15) is 6.92 Å². The molecule has 0 saturated heterocycles. The fourth-order valence-electron chi connectivity index (χ4n) is 1.26. The summed E-state index contributed by atoms with van der Waals surface area (Å²) < 4.78 is 24.7. The topological polar surface area (TPSA) is 98.7 Å². The number of hydrogen-bond acceptors (Lipinski definition) is 4. The molecule has 4 N–H and O–H groups in total. The number of amides is 2. The maximum absolute atomic E-state index is 12.4. The van der Waals surface area contributed by atoms with Gasteiger partial charge in [-0.3, -0.25) is 0 Å². The lowest BCUT2D eigenvalue weighted by atomic mass is 10.1. The van der Waals surface area contributed by atoms with Gasteiger partial charge in [-0.05, 0) is 19.1 Å². The summed E-state index contributed by atoms with van der Waals surface area (Å²) >= 11 is 0.276. The number of carbonyl (C=O) groups excluding carboxylic acids is 1. The highest BCUT2D eigenvalue weighted by atomic mass is 32.2. The van der Waals surface area contributed by atoms with Gasteiger partial charge in [-0.2, -0.15) is 8.78 Å². The third kappa shape index (κ3) is 5.56. The van der Waals surface area contributed by atoms with Gasteiger partial charge in [0.25, 0.3) is 5.76 Å². The van der Waals surface area contributed by atoms with Gasteiger partial charge in [-0.25, -0.2) is 9.59 Å². The molecule has 2 amide bonds. The zero-order chi connectivity index (χ0) is 16.0. The molecule has 1 aromatic carbocycles. The van der Waals surface area contributed by atoms with E-state index in [0.717, 1.165) is 6.92 Å². The molecule has 1 atom stereocenters. The van der Waals surface area contributed by atoms with E-state index in [0.29, 0.717) is 0 Å². The first-order valence-corrected chi connectivity index (χ1v) is 6.65. The van der Waals surface area contributed by atoms with Crippen molar-refractivity contribution in [2.24, 2.45) is 0 Å². The van der Waals surface area contributed by atoms with Crippen molar-refractivity contribution in [2.75, 3.05) is 11.9 Å². The Hall–Kier alpha value is -1.87. The predicted molar refractivity (Wildman–Crippen MR) is 73.6 cm³/mol. The molecule has 1 rings (SSSR count). The number of hydrogen-bond donors (Lipinski definition) is 4. The highest BCUT2D eigenvalue weighted by Gasteiger charge is 2.30. The number of para-hydroxylation sites is 1. The summed E-state index contributed by atoms with van der Waals surface area (Å²) in [6, 6.07) is 5.14. The van der Waals surface area contributed by atoms with Crippen LogP contribution in [0.4, 0.5) is 19.3 Å². The molecule has 0 aliphatic carbocycles. The van der Waals surface area contributed by atoms with Crippen molar-refractivity contribution >= 4 is 29.4 Å². The second kappa shape index (κ2) is 7.23. The van der Waals surface area contributed by atoms with Gasteiger partial charge in [0.05, 0.1) is 12.2 Å². The summed E-state index contributed by atoms with van der Waals surface area (Å²) in [4.78, 5) is 22.4. The summed E-state index contributed by atoms with van der Waals surface area (Å²) in [5.41, 5.74) is -1.95. The van der Waals surface area contributed by atoms with Crippen LogP contribution in [-0.4, -0.2) is 40.1 Å². The zero-order valence-electron chi connectivity index (χ0n) is 11.0. The lowest BCUT2D eigenvalue weighted by Crippen LogP contribution is -2.47. The number of thioether (sulfide) groups is 1. The highest BCUT2D eigenvalue weighted by Crippen LogP contribution is 2.31. The number of urea groups is 1. The van der Waals surface area contributed by atoms with E-state index in [-0.39, 0.29) is 22.3 Å². The molecular formula is C12H14F2N2O4S. The fraction of sp³-hybridized carbons (Fsp3) is 0.333. The Morgan fingerprint density at radius 3 is 2.57 bits per heavy atom. The van der Waals surface area contributed by atoms with Crippen molar-refractivity contribution in [3.8, 4) is 0 Å². The smallest absolute Gasteiger partial charge is 0.337 e. The van der Waals surface area contributed by atoms with Crippen LogP contribution in [-0.2, 0) is 4.79 Å². The second-order valence-corrected chi connectivity index (χ2v) is 5.29. The number of carboxylic acid groups (broad SMARTS) is 1. The van der Waals surface area contributed by atoms with Crippen LogP contribution in [0.25, 0.3) is 0 Å². The molecule has 1 aromatic rings. The number of alkyl halides is 2. The van der Waals surface area contributed by atoms with E-state index in [1.54, 1.807) is 12.1 Å². The fourth-order valence-corrected chi connectivity index (χ4v) is 1.86.